The molecule has 0 radical (unpaired) electrons. The molecule has 0 aliphatic carbocycles. The minimum absolute atomic E-state index is 0.174. The molecule has 0 N–H and O–H groups in total. The highest BCUT2D eigenvalue weighted by Gasteiger charge is 2.33. The Hall–Kier alpha value is -1.57. The maximum absolute atomic E-state index is 12.9. The molecule has 0 unspecified atom stereocenters. The van der Waals surface area contributed by atoms with Crippen LogP contribution in [0.2, 0.25) is 0 Å². The summed E-state index contributed by atoms with van der Waals surface area (Å²) in [5.41, 5.74) is 0. The van der Waals surface area contributed by atoms with Crippen LogP contribution in [0.25, 0.3) is 0 Å². The van der Waals surface area contributed by atoms with E-state index in [2.05, 4.69) is 19.8 Å². The van der Waals surface area contributed by atoms with Crippen molar-refractivity contribution in [2.45, 2.75) is 38.3 Å². The molecule has 3 aliphatic rings. The highest BCUT2D eigenvalue weighted by atomic mass is 16.5. The number of amides is 1. The van der Waals surface area contributed by atoms with Crippen LogP contribution in [0.4, 0.5) is 0 Å². The summed E-state index contributed by atoms with van der Waals surface area (Å²) in [6, 6.07) is 2.47. The van der Waals surface area contributed by atoms with Crippen LogP contribution < -0.4 is 0 Å². The maximum Gasteiger partial charge on any atom is 0.227 e. The van der Waals surface area contributed by atoms with E-state index in [0.717, 1.165) is 64.5 Å². The van der Waals surface area contributed by atoms with Gasteiger partial charge in [-0.15, -0.1) is 0 Å². The van der Waals surface area contributed by atoms with Gasteiger partial charge in [-0.2, -0.15) is 0 Å². The smallest absolute Gasteiger partial charge is 0.227 e. The van der Waals surface area contributed by atoms with Gasteiger partial charge < -0.3 is 9.64 Å². The predicted octanol–water partition coefficient (Wildman–Crippen LogP) is 1.01. The summed E-state index contributed by atoms with van der Waals surface area (Å²) >= 11 is 0. The van der Waals surface area contributed by atoms with Gasteiger partial charge >= 0.3 is 0 Å². The van der Waals surface area contributed by atoms with Crippen molar-refractivity contribution in [3.8, 4) is 0 Å². The Labute approximate surface area is 161 Å². The van der Waals surface area contributed by atoms with E-state index in [1.54, 1.807) is 0 Å². The molecular weight excluding hydrogens is 342 g/mol. The summed E-state index contributed by atoms with van der Waals surface area (Å²) in [4.78, 5) is 28.6. The minimum Gasteiger partial charge on any atom is -0.378 e. The van der Waals surface area contributed by atoms with E-state index >= 15 is 0 Å². The summed E-state index contributed by atoms with van der Waals surface area (Å²) in [5, 5.41) is 0. The summed E-state index contributed by atoms with van der Waals surface area (Å²) in [7, 11) is 0. The Morgan fingerprint density at radius 2 is 1.78 bits per heavy atom. The number of piperidine rings is 2. The van der Waals surface area contributed by atoms with Gasteiger partial charge in [-0.3, -0.25) is 14.6 Å². The number of nitrogens with zero attached hydrogens (tertiary/aromatic N) is 5. The van der Waals surface area contributed by atoms with Gasteiger partial charge in [0, 0.05) is 51.2 Å². The van der Waals surface area contributed by atoms with Crippen LogP contribution in [0.5, 0.6) is 0 Å². The largest absolute Gasteiger partial charge is 0.378 e. The molecule has 27 heavy (non-hydrogen) atoms. The number of carbonyl (C=O) groups is 1. The number of rotatable bonds is 4. The lowest BCUT2D eigenvalue weighted by Crippen LogP contribution is -2.52. The second-order valence-corrected chi connectivity index (χ2v) is 7.94. The second-order valence-electron chi connectivity index (χ2n) is 7.94. The van der Waals surface area contributed by atoms with Crippen molar-refractivity contribution in [1.29, 1.82) is 0 Å². The van der Waals surface area contributed by atoms with Crippen molar-refractivity contribution in [1.82, 2.24) is 24.7 Å². The second kappa shape index (κ2) is 9.08. The minimum atomic E-state index is 0.174. The van der Waals surface area contributed by atoms with E-state index in [0.29, 0.717) is 25.2 Å². The molecule has 0 aromatic carbocycles. The number of carbonyl (C=O) groups excluding carboxylic acids is 1. The molecule has 0 saturated carbocycles. The Balaban J connectivity index is 1.26. The number of ether oxygens (including phenoxy) is 1. The van der Waals surface area contributed by atoms with Gasteiger partial charge in [0.25, 0.3) is 0 Å². The van der Waals surface area contributed by atoms with E-state index < -0.39 is 0 Å². The van der Waals surface area contributed by atoms with E-state index in [1.807, 2.05) is 23.4 Å². The highest BCUT2D eigenvalue weighted by molar-refractivity contribution is 5.79. The van der Waals surface area contributed by atoms with Gasteiger partial charge in [0.1, 0.15) is 5.82 Å². The molecule has 3 saturated heterocycles. The lowest BCUT2D eigenvalue weighted by Gasteiger charge is -2.43. The van der Waals surface area contributed by atoms with Crippen molar-refractivity contribution >= 4 is 5.91 Å². The van der Waals surface area contributed by atoms with Crippen LogP contribution in [0, 0.1) is 5.92 Å². The first-order chi connectivity index (χ1) is 13.3. The fourth-order valence-corrected chi connectivity index (χ4v) is 4.64. The maximum atomic E-state index is 12.9. The number of likely N-dealkylation sites (tertiary alicyclic amines) is 2. The van der Waals surface area contributed by atoms with Crippen LogP contribution in [-0.4, -0.2) is 89.1 Å². The van der Waals surface area contributed by atoms with Gasteiger partial charge in [0.15, 0.2) is 0 Å². The Bertz CT molecular complexity index is 600. The van der Waals surface area contributed by atoms with Gasteiger partial charge in [0.2, 0.25) is 5.91 Å². The molecule has 4 heterocycles. The lowest BCUT2D eigenvalue weighted by atomic mass is 9.92. The summed E-state index contributed by atoms with van der Waals surface area (Å²) < 4.78 is 5.39. The van der Waals surface area contributed by atoms with Gasteiger partial charge in [-0.25, -0.2) is 9.97 Å². The van der Waals surface area contributed by atoms with Crippen molar-refractivity contribution in [3.63, 3.8) is 0 Å². The fourth-order valence-electron chi connectivity index (χ4n) is 4.64. The van der Waals surface area contributed by atoms with Crippen LogP contribution in [-0.2, 0) is 16.1 Å². The zero-order chi connectivity index (χ0) is 18.5. The summed E-state index contributed by atoms with van der Waals surface area (Å²) in [6.45, 7) is 7.97. The Kier molecular flexibility index (Phi) is 6.32. The average Bonchev–Trinajstić information content (AvgIpc) is 2.75. The topological polar surface area (TPSA) is 61.8 Å². The zero-order valence-corrected chi connectivity index (χ0v) is 16.1. The van der Waals surface area contributed by atoms with Crippen LogP contribution >= 0.6 is 0 Å². The first kappa shape index (κ1) is 18.8. The van der Waals surface area contributed by atoms with Crippen molar-refractivity contribution < 1.29 is 9.53 Å². The molecule has 4 rings (SSSR count). The van der Waals surface area contributed by atoms with Gasteiger partial charge in [-0.1, -0.05) is 0 Å². The number of hydrogen-bond donors (Lipinski definition) is 0. The van der Waals surface area contributed by atoms with Crippen molar-refractivity contribution in [3.05, 3.63) is 24.3 Å². The quantitative estimate of drug-likeness (QED) is 0.785. The third-order valence-corrected chi connectivity index (χ3v) is 6.18. The summed E-state index contributed by atoms with van der Waals surface area (Å²) in [6.07, 6.45) is 8.15. The summed E-state index contributed by atoms with van der Waals surface area (Å²) in [5.74, 6) is 1.43. The van der Waals surface area contributed by atoms with Crippen LogP contribution in [0.3, 0.4) is 0 Å². The number of hydrogen-bond acceptors (Lipinski definition) is 6. The molecule has 3 aliphatic heterocycles. The van der Waals surface area contributed by atoms with E-state index in [9.17, 15) is 4.79 Å². The molecule has 1 aromatic heterocycles. The third-order valence-electron chi connectivity index (χ3n) is 6.18. The van der Waals surface area contributed by atoms with Gasteiger partial charge in [-0.05, 0) is 38.3 Å². The number of morpholine rings is 1. The third kappa shape index (κ3) is 4.83. The predicted molar refractivity (Wildman–Crippen MR) is 102 cm³/mol. The first-order valence-corrected chi connectivity index (χ1v) is 10.4. The van der Waals surface area contributed by atoms with Crippen LogP contribution in [0.15, 0.2) is 18.5 Å². The molecular formula is C20H31N5O2. The van der Waals surface area contributed by atoms with E-state index in [4.69, 9.17) is 4.74 Å². The molecule has 7 nitrogen and oxygen atoms in total. The molecule has 1 amide bonds. The number of aromatic nitrogens is 2. The lowest BCUT2D eigenvalue weighted by molar-refractivity contribution is -0.142. The molecule has 0 spiro atoms. The molecule has 148 valence electrons. The van der Waals surface area contributed by atoms with Crippen molar-refractivity contribution in [2.75, 3.05) is 52.5 Å². The molecule has 0 bridgehead atoms. The highest BCUT2D eigenvalue weighted by Crippen LogP contribution is 2.25. The van der Waals surface area contributed by atoms with E-state index in [1.165, 1.54) is 12.8 Å². The standard InChI is InChI=1S/C20H31N5O2/c26-20(24-11-13-27-14-12-24)17-3-1-8-25(15-17)18-4-9-23(10-5-18)16-19-21-6-2-7-22-19/h2,6-7,17-18H,1,3-5,8-16H2/t17-/m1/s1. The Morgan fingerprint density at radius 1 is 1.04 bits per heavy atom. The Morgan fingerprint density at radius 3 is 2.52 bits per heavy atom. The van der Waals surface area contributed by atoms with Gasteiger partial charge in [0.05, 0.1) is 25.7 Å². The van der Waals surface area contributed by atoms with Crippen molar-refractivity contribution in [2.24, 2.45) is 5.92 Å². The van der Waals surface area contributed by atoms with E-state index in [-0.39, 0.29) is 5.92 Å². The molecule has 1 atom stereocenters. The monoisotopic (exact) mass is 373 g/mol. The molecule has 7 heteroatoms. The first-order valence-electron chi connectivity index (χ1n) is 10.4. The normalized spacial score (nSPS) is 26.2. The molecule has 1 aromatic rings. The molecule has 3 fully saturated rings. The van der Waals surface area contributed by atoms with Crippen LogP contribution in [0.1, 0.15) is 31.5 Å². The zero-order valence-electron chi connectivity index (χ0n) is 16.1. The fraction of sp³-hybridized carbons (Fsp3) is 0.750. The average molecular weight is 374 g/mol. The SMILES string of the molecule is O=C([C@@H]1CCCN(C2CCN(Cc3ncccn3)CC2)C1)N1CCOCC1.